The van der Waals surface area contributed by atoms with E-state index in [1.165, 1.54) is 65.7 Å². The van der Waals surface area contributed by atoms with Gasteiger partial charge in [-0.2, -0.15) is 0 Å². The summed E-state index contributed by atoms with van der Waals surface area (Å²) < 4.78 is 0. The third-order valence-electron chi connectivity index (χ3n) is 7.26. The first-order chi connectivity index (χ1) is 17.9. The van der Waals surface area contributed by atoms with Crippen molar-refractivity contribution in [1.82, 2.24) is 0 Å². The van der Waals surface area contributed by atoms with Gasteiger partial charge in [-0.15, -0.1) is 0 Å². The maximum atomic E-state index is 2.35. The van der Waals surface area contributed by atoms with Gasteiger partial charge in [0.25, 0.3) is 0 Å². The molecule has 0 atom stereocenters. The van der Waals surface area contributed by atoms with Crippen LogP contribution < -0.4 is 0 Å². The minimum absolute atomic E-state index is 1.24. The Bertz CT molecular complexity index is 1880. The molecule has 0 fully saturated rings. The topological polar surface area (TPSA) is 0 Å². The minimum Gasteiger partial charge on any atom is -0.0622 e. The molecule has 0 heterocycles. The molecule has 0 aromatic heterocycles. The molecule has 0 saturated heterocycles. The summed E-state index contributed by atoms with van der Waals surface area (Å²) in [7, 11) is 0. The van der Waals surface area contributed by atoms with Crippen molar-refractivity contribution < 1.29 is 0 Å². The number of hydrogen-bond donors (Lipinski definition) is 0. The van der Waals surface area contributed by atoms with Crippen LogP contribution in [0.2, 0.25) is 0 Å². The molecule has 0 bridgehead atoms. The quantitative estimate of drug-likeness (QED) is 0.232. The van der Waals surface area contributed by atoms with Gasteiger partial charge in [0.1, 0.15) is 0 Å². The van der Waals surface area contributed by atoms with Crippen LogP contribution in [0.1, 0.15) is 0 Å². The Balaban J connectivity index is 1.44. The summed E-state index contributed by atoms with van der Waals surface area (Å²) in [5.74, 6) is 0. The van der Waals surface area contributed by atoms with Crippen molar-refractivity contribution in [2.45, 2.75) is 0 Å². The fourth-order valence-electron chi connectivity index (χ4n) is 5.57. The zero-order valence-electron chi connectivity index (χ0n) is 19.9. The van der Waals surface area contributed by atoms with Crippen LogP contribution in [0.5, 0.6) is 0 Å². The van der Waals surface area contributed by atoms with Gasteiger partial charge in [0.2, 0.25) is 0 Å². The number of hydrogen-bond acceptors (Lipinski definition) is 0. The zero-order valence-corrected chi connectivity index (χ0v) is 19.9. The molecule has 0 saturated carbocycles. The van der Waals surface area contributed by atoms with E-state index in [1.807, 2.05) is 0 Å². The average Bonchev–Trinajstić information content (AvgIpc) is 2.97. The van der Waals surface area contributed by atoms with E-state index in [1.54, 1.807) is 0 Å². The van der Waals surface area contributed by atoms with Crippen LogP contribution in [0.25, 0.3) is 65.7 Å². The summed E-state index contributed by atoms with van der Waals surface area (Å²) >= 11 is 0. The molecule has 0 N–H and O–H groups in total. The van der Waals surface area contributed by atoms with E-state index in [9.17, 15) is 0 Å². The Labute approximate surface area is 211 Å². The molecule has 7 aromatic carbocycles. The second-order valence-electron chi connectivity index (χ2n) is 9.34. The maximum Gasteiger partial charge on any atom is -0.00988 e. The van der Waals surface area contributed by atoms with Gasteiger partial charge in [-0.3, -0.25) is 0 Å². The van der Waals surface area contributed by atoms with Crippen molar-refractivity contribution in [2.75, 3.05) is 0 Å². The van der Waals surface area contributed by atoms with Crippen molar-refractivity contribution in [3.05, 3.63) is 146 Å². The lowest BCUT2D eigenvalue weighted by Gasteiger charge is -2.14. The van der Waals surface area contributed by atoms with Crippen LogP contribution in [0.3, 0.4) is 0 Å². The van der Waals surface area contributed by atoms with Gasteiger partial charge in [0.05, 0.1) is 0 Å². The van der Waals surface area contributed by atoms with Gasteiger partial charge in [0.15, 0.2) is 0 Å². The van der Waals surface area contributed by atoms with E-state index in [2.05, 4.69) is 146 Å². The third kappa shape index (κ3) is 3.39. The molecule has 0 spiro atoms. The van der Waals surface area contributed by atoms with Crippen molar-refractivity contribution in [1.29, 1.82) is 0 Å². The monoisotopic (exact) mass is 456 g/mol. The third-order valence-corrected chi connectivity index (χ3v) is 7.26. The second-order valence-corrected chi connectivity index (χ2v) is 9.34. The molecule has 0 amide bonds. The highest BCUT2D eigenvalue weighted by atomic mass is 14.2. The van der Waals surface area contributed by atoms with E-state index in [0.29, 0.717) is 0 Å². The summed E-state index contributed by atoms with van der Waals surface area (Å²) in [6.45, 7) is 0. The van der Waals surface area contributed by atoms with Crippen molar-refractivity contribution >= 4 is 32.3 Å². The van der Waals surface area contributed by atoms with Crippen LogP contribution >= 0.6 is 0 Å². The molecule has 0 heteroatoms. The predicted molar refractivity (Wildman–Crippen MR) is 155 cm³/mol. The van der Waals surface area contributed by atoms with E-state index >= 15 is 0 Å². The van der Waals surface area contributed by atoms with Crippen molar-refractivity contribution in [2.24, 2.45) is 0 Å². The molecule has 36 heavy (non-hydrogen) atoms. The fraction of sp³-hybridized carbons (Fsp3) is 0. The molecule has 0 aliphatic rings. The Morgan fingerprint density at radius 1 is 0.250 bits per heavy atom. The van der Waals surface area contributed by atoms with Crippen LogP contribution in [0.4, 0.5) is 0 Å². The highest BCUT2D eigenvalue weighted by Crippen LogP contribution is 2.39. The first kappa shape index (κ1) is 20.7. The van der Waals surface area contributed by atoms with Crippen molar-refractivity contribution in [3.8, 4) is 33.4 Å². The van der Waals surface area contributed by atoms with Gasteiger partial charge in [-0.25, -0.2) is 0 Å². The largest absolute Gasteiger partial charge is 0.0622 e. The summed E-state index contributed by atoms with van der Waals surface area (Å²) in [5.41, 5.74) is 7.53. The van der Waals surface area contributed by atoms with Crippen LogP contribution in [-0.4, -0.2) is 0 Å². The Morgan fingerprint density at radius 3 is 1.42 bits per heavy atom. The lowest BCUT2D eigenvalue weighted by molar-refractivity contribution is 1.61. The number of benzene rings is 7. The molecule has 0 aliphatic carbocycles. The summed E-state index contributed by atoms with van der Waals surface area (Å²) in [5, 5.41) is 7.72. The molecule has 0 nitrogen and oxygen atoms in total. The standard InChI is InChI=1S/C36H24/c1-2-11-25(12-3-1)30-21-22-31(34-19-7-6-18-33(30)34)26-14-10-15-27(23-26)36-24-28-13-4-5-16-29(28)32-17-8-9-20-35(32)36/h1-24H. The fourth-order valence-corrected chi connectivity index (χ4v) is 5.57. The first-order valence-electron chi connectivity index (χ1n) is 12.5. The molecular formula is C36H24. The minimum atomic E-state index is 1.24. The molecule has 168 valence electrons. The van der Waals surface area contributed by atoms with E-state index < -0.39 is 0 Å². The van der Waals surface area contributed by atoms with Gasteiger partial charge < -0.3 is 0 Å². The maximum absolute atomic E-state index is 2.35. The first-order valence-corrected chi connectivity index (χ1v) is 12.5. The highest BCUT2D eigenvalue weighted by Gasteiger charge is 2.12. The van der Waals surface area contributed by atoms with Gasteiger partial charge in [-0.05, 0) is 77.8 Å². The van der Waals surface area contributed by atoms with Gasteiger partial charge in [0, 0.05) is 0 Å². The normalized spacial score (nSPS) is 11.3. The number of fused-ring (bicyclic) bond motifs is 4. The molecule has 0 aliphatic heterocycles. The lowest BCUT2D eigenvalue weighted by atomic mass is 9.89. The summed E-state index contributed by atoms with van der Waals surface area (Å²) in [4.78, 5) is 0. The van der Waals surface area contributed by atoms with E-state index in [4.69, 9.17) is 0 Å². The Hall–Kier alpha value is -4.68. The molecule has 0 unspecified atom stereocenters. The van der Waals surface area contributed by atoms with Crippen LogP contribution in [0.15, 0.2) is 146 Å². The predicted octanol–water partition coefficient (Wildman–Crippen LogP) is 10.1. The molecular weight excluding hydrogens is 432 g/mol. The SMILES string of the molecule is c1ccc(-c2ccc(-c3cccc(-c4cc5ccccc5c5ccccc45)c3)c3ccccc23)cc1. The Morgan fingerprint density at radius 2 is 0.722 bits per heavy atom. The van der Waals surface area contributed by atoms with Crippen LogP contribution in [0, 0.1) is 0 Å². The van der Waals surface area contributed by atoms with Gasteiger partial charge in [-0.1, -0.05) is 133 Å². The average molecular weight is 457 g/mol. The van der Waals surface area contributed by atoms with Gasteiger partial charge >= 0.3 is 0 Å². The molecule has 7 rings (SSSR count). The smallest absolute Gasteiger partial charge is 0.00988 e. The molecule has 0 radical (unpaired) electrons. The summed E-state index contributed by atoms with van der Waals surface area (Å²) in [6.07, 6.45) is 0. The summed E-state index contributed by atoms with van der Waals surface area (Å²) in [6, 6.07) is 52.7. The van der Waals surface area contributed by atoms with Crippen LogP contribution in [-0.2, 0) is 0 Å². The van der Waals surface area contributed by atoms with E-state index in [-0.39, 0.29) is 0 Å². The molecule has 7 aromatic rings. The van der Waals surface area contributed by atoms with E-state index in [0.717, 1.165) is 0 Å². The second kappa shape index (κ2) is 8.52. The van der Waals surface area contributed by atoms with Crippen molar-refractivity contribution in [3.63, 3.8) is 0 Å². The highest BCUT2D eigenvalue weighted by molar-refractivity contribution is 6.14. The number of rotatable bonds is 3. The lowest BCUT2D eigenvalue weighted by Crippen LogP contribution is -1.88. The zero-order chi connectivity index (χ0) is 23.9. The Kier molecular flexibility index (Phi) is 4.89.